The average Bonchev–Trinajstić information content (AvgIpc) is 2.63. The highest BCUT2D eigenvalue weighted by molar-refractivity contribution is 5.15. The molecule has 2 heterocycles. The number of aryl methyl sites for hydroxylation is 1. The van der Waals surface area contributed by atoms with Gasteiger partial charge in [0.1, 0.15) is 12.4 Å². The summed E-state index contributed by atoms with van der Waals surface area (Å²) in [6, 6.07) is 5.51. The third kappa shape index (κ3) is 2.10. The zero-order valence-corrected chi connectivity index (χ0v) is 7.80. The first-order valence-electron chi connectivity index (χ1n) is 4.29. The van der Waals surface area contributed by atoms with Crippen molar-refractivity contribution in [3.05, 3.63) is 42.0 Å². The van der Waals surface area contributed by atoms with Crippen molar-refractivity contribution in [3.63, 3.8) is 0 Å². The highest BCUT2D eigenvalue weighted by atomic mass is 16.5. The number of nitrogens with zero attached hydrogens (tertiary/aromatic N) is 2. The van der Waals surface area contributed by atoms with Gasteiger partial charge < -0.3 is 9.26 Å². The summed E-state index contributed by atoms with van der Waals surface area (Å²) in [6.45, 7) is 2.25. The van der Waals surface area contributed by atoms with Crippen LogP contribution in [0.2, 0.25) is 0 Å². The van der Waals surface area contributed by atoms with Gasteiger partial charge in [-0.3, -0.25) is 4.98 Å². The van der Waals surface area contributed by atoms with E-state index < -0.39 is 0 Å². The molecule has 0 atom stereocenters. The Kier molecular flexibility index (Phi) is 2.44. The van der Waals surface area contributed by atoms with E-state index in [4.69, 9.17) is 9.26 Å². The Morgan fingerprint density at radius 1 is 1.50 bits per heavy atom. The molecule has 0 fully saturated rings. The smallest absolute Gasteiger partial charge is 0.174 e. The molecule has 0 aromatic carbocycles. The van der Waals surface area contributed by atoms with E-state index in [1.165, 1.54) is 0 Å². The van der Waals surface area contributed by atoms with Crippen molar-refractivity contribution in [2.45, 2.75) is 13.5 Å². The number of hydrogen-bond acceptors (Lipinski definition) is 4. The van der Waals surface area contributed by atoms with Crippen LogP contribution < -0.4 is 4.74 Å². The van der Waals surface area contributed by atoms with E-state index in [0.717, 1.165) is 11.4 Å². The van der Waals surface area contributed by atoms with Crippen molar-refractivity contribution in [1.82, 2.24) is 10.1 Å². The zero-order valence-electron chi connectivity index (χ0n) is 7.80. The molecule has 72 valence electrons. The van der Waals surface area contributed by atoms with Crippen LogP contribution in [-0.4, -0.2) is 10.1 Å². The summed E-state index contributed by atoms with van der Waals surface area (Å²) in [5.41, 5.74) is 0.856. The summed E-state index contributed by atoms with van der Waals surface area (Å²) in [5.74, 6) is 1.44. The van der Waals surface area contributed by atoms with Gasteiger partial charge in [0, 0.05) is 12.3 Å². The molecule has 0 saturated heterocycles. The van der Waals surface area contributed by atoms with E-state index in [9.17, 15) is 0 Å². The van der Waals surface area contributed by atoms with Crippen LogP contribution in [-0.2, 0) is 6.61 Å². The lowest BCUT2D eigenvalue weighted by molar-refractivity contribution is 0.248. The summed E-state index contributed by atoms with van der Waals surface area (Å²) < 4.78 is 10.4. The zero-order chi connectivity index (χ0) is 9.80. The number of rotatable bonds is 3. The van der Waals surface area contributed by atoms with Crippen LogP contribution in [0.1, 0.15) is 11.5 Å². The maximum atomic E-state index is 5.41. The molecular weight excluding hydrogens is 180 g/mol. The largest absolute Gasteiger partial charge is 0.484 e. The Balaban J connectivity index is 1.95. The summed E-state index contributed by atoms with van der Waals surface area (Å²) >= 11 is 0. The van der Waals surface area contributed by atoms with Crippen LogP contribution in [0.5, 0.6) is 5.75 Å². The molecule has 0 aliphatic heterocycles. The normalized spacial score (nSPS) is 10.1. The molecule has 0 N–H and O–H groups in total. The molecule has 0 unspecified atom stereocenters. The molecule has 2 rings (SSSR count). The van der Waals surface area contributed by atoms with Gasteiger partial charge >= 0.3 is 0 Å². The topological polar surface area (TPSA) is 48.2 Å². The van der Waals surface area contributed by atoms with E-state index in [2.05, 4.69) is 10.1 Å². The maximum absolute atomic E-state index is 5.41. The lowest BCUT2D eigenvalue weighted by Crippen LogP contribution is -1.93. The molecule has 0 aliphatic rings. The van der Waals surface area contributed by atoms with Gasteiger partial charge in [-0.15, -0.1) is 0 Å². The van der Waals surface area contributed by atoms with Crippen LogP contribution in [0, 0.1) is 6.92 Å². The third-order valence-electron chi connectivity index (χ3n) is 1.69. The van der Waals surface area contributed by atoms with Gasteiger partial charge in [0.05, 0.1) is 11.9 Å². The number of hydrogen-bond donors (Lipinski definition) is 0. The van der Waals surface area contributed by atoms with E-state index in [1.807, 2.05) is 25.1 Å². The van der Waals surface area contributed by atoms with Crippen molar-refractivity contribution in [3.8, 4) is 5.75 Å². The second kappa shape index (κ2) is 3.91. The second-order valence-corrected chi connectivity index (χ2v) is 2.91. The Hall–Kier alpha value is -1.84. The van der Waals surface area contributed by atoms with Gasteiger partial charge in [0.2, 0.25) is 0 Å². The SMILES string of the molecule is Cc1cc(COc2cccnc2)on1. The molecule has 4 heteroatoms. The summed E-state index contributed by atoms with van der Waals surface area (Å²) in [7, 11) is 0. The second-order valence-electron chi connectivity index (χ2n) is 2.91. The van der Waals surface area contributed by atoms with Crippen molar-refractivity contribution in [2.75, 3.05) is 0 Å². The van der Waals surface area contributed by atoms with E-state index >= 15 is 0 Å². The fourth-order valence-electron chi connectivity index (χ4n) is 1.07. The first-order chi connectivity index (χ1) is 6.84. The summed E-state index contributed by atoms with van der Waals surface area (Å²) in [5, 5.41) is 3.76. The molecule has 2 aromatic rings. The Morgan fingerprint density at radius 3 is 3.07 bits per heavy atom. The fraction of sp³-hybridized carbons (Fsp3) is 0.200. The van der Waals surface area contributed by atoms with Gasteiger partial charge in [-0.25, -0.2) is 0 Å². The van der Waals surface area contributed by atoms with Crippen LogP contribution in [0.4, 0.5) is 0 Å². The molecule has 0 amide bonds. The minimum Gasteiger partial charge on any atom is -0.484 e. The predicted octanol–water partition coefficient (Wildman–Crippen LogP) is 1.96. The van der Waals surface area contributed by atoms with Crippen molar-refractivity contribution in [1.29, 1.82) is 0 Å². The molecule has 4 nitrogen and oxygen atoms in total. The Morgan fingerprint density at radius 2 is 2.43 bits per heavy atom. The van der Waals surface area contributed by atoms with Crippen LogP contribution in [0.15, 0.2) is 35.1 Å². The van der Waals surface area contributed by atoms with Gasteiger partial charge in [-0.2, -0.15) is 0 Å². The maximum Gasteiger partial charge on any atom is 0.174 e. The summed E-state index contributed by atoms with van der Waals surface area (Å²) in [4.78, 5) is 3.93. The van der Waals surface area contributed by atoms with Gasteiger partial charge in [0.15, 0.2) is 5.76 Å². The molecule has 0 radical (unpaired) electrons. The highest BCUT2D eigenvalue weighted by Crippen LogP contribution is 2.10. The lowest BCUT2D eigenvalue weighted by atomic mass is 10.4. The minimum absolute atomic E-state index is 0.381. The van der Waals surface area contributed by atoms with Crippen molar-refractivity contribution in [2.24, 2.45) is 0 Å². The van der Waals surface area contributed by atoms with Crippen LogP contribution >= 0.6 is 0 Å². The van der Waals surface area contributed by atoms with E-state index in [1.54, 1.807) is 12.4 Å². The Labute approximate surface area is 81.5 Å². The predicted molar refractivity (Wildman–Crippen MR) is 49.8 cm³/mol. The molecule has 0 saturated carbocycles. The quantitative estimate of drug-likeness (QED) is 0.742. The van der Waals surface area contributed by atoms with Gasteiger partial charge in [0.25, 0.3) is 0 Å². The summed E-state index contributed by atoms with van der Waals surface area (Å²) in [6.07, 6.45) is 3.36. The number of aromatic nitrogens is 2. The van der Waals surface area contributed by atoms with Gasteiger partial charge in [-0.1, -0.05) is 5.16 Å². The average molecular weight is 190 g/mol. The van der Waals surface area contributed by atoms with Gasteiger partial charge in [-0.05, 0) is 19.1 Å². The molecular formula is C10H10N2O2. The number of pyridine rings is 1. The van der Waals surface area contributed by atoms with E-state index in [-0.39, 0.29) is 0 Å². The molecule has 0 spiro atoms. The molecule has 14 heavy (non-hydrogen) atoms. The highest BCUT2D eigenvalue weighted by Gasteiger charge is 2.00. The molecule has 0 bridgehead atoms. The van der Waals surface area contributed by atoms with Crippen molar-refractivity contribution < 1.29 is 9.26 Å². The molecule has 0 aliphatic carbocycles. The monoisotopic (exact) mass is 190 g/mol. The van der Waals surface area contributed by atoms with E-state index in [0.29, 0.717) is 12.4 Å². The third-order valence-corrected chi connectivity index (χ3v) is 1.69. The van der Waals surface area contributed by atoms with Crippen molar-refractivity contribution >= 4 is 0 Å². The first-order valence-corrected chi connectivity index (χ1v) is 4.29. The van der Waals surface area contributed by atoms with Crippen LogP contribution in [0.3, 0.4) is 0 Å². The standard InChI is InChI=1S/C10H10N2O2/c1-8-5-10(14-12-8)7-13-9-3-2-4-11-6-9/h2-6H,7H2,1H3. The van der Waals surface area contributed by atoms with Crippen LogP contribution in [0.25, 0.3) is 0 Å². The minimum atomic E-state index is 0.381. The lowest BCUT2D eigenvalue weighted by Gasteiger charge is -2.01. The fourth-order valence-corrected chi connectivity index (χ4v) is 1.07. The Bertz CT molecular complexity index is 398. The first kappa shape index (κ1) is 8.74. The number of ether oxygens (including phenoxy) is 1. The molecule has 2 aromatic heterocycles.